The van der Waals surface area contributed by atoms with Gasteiger partial charge in [0.25, 0.3) is 0 Å². The van der Waals surface area contributed by atoms with Crippen LogP contribution in [0.3, 0.4) is 0 Å². The van der Waals surface area contributed by atoms with Crippen molar-refractivity contribution in [2.45, 2.75) is 57.9 Å². The molecule has 2 aliphatic carbocycles. The van der Waals surface area contributed by atoms with Crippen molar-refractivity contribution in [3.8, 4) is 0 Å². The summed E-state index contributed by atoms with van der Waals surface area (Å²) >= 11 is 0. The summed E-state index contributed by atoms with van der Waals surface area (Å²) in [5.74, 6) is 2.73. The molecule has 0 aromatic carbocycles. The SMILES string of the molecule is CCCC(N)CC(=O)NCC(C1CC1)C1CC1. The van der Waals surface area contributed by atoms with Crippen LogP contribution in [0.4, 0.5) is 0 Å². The van der Waals surface area contributed by atoms with Crippen molar-refractivity contribution in [2.24, 2.45) is 23.5 Å². The third-order valence-electron chi connectivity index (χ3n) is 4.10. The van der Waals surface area contributed by atoms with Gasteiger partial charge in [0.05, 0.1) is 0 Å². The van der Waals surface area contributed by atoms with Crippen molar-refractivity contribution < 1.29 is 4.79 Å². The second-order valence-corrected chi connectivity index (χ2v) is 5.90. The highest BCUT2D eigenvalue weighted by atomic mass is 16.1. The minimum Gasteiger partial charge on any atom is -0.356 e. The number of hydrogen-bond donors (Lipinski definition) is 2. The Morgan fingerprint density at radius 2 is 1.88 bits per heavy atom. The molecule has 98 valence electrons. The fourth-order valence-electron chi connectivity index (χ4n) is 2.78. The predicted octanol–water partition coefficient (Wildman–Crippen LogP) is 2.06. The van der Waals surface area contributed by atoms with Gasteiger partial charge in [-0.3, -0.25) is 4.79 Å². The fourth-order valence-corrected chi connectivity index (χ4v) is 2.78. The number of carbonyl (C=O) groups excluding carboxylic acids is 1. The lowest BCUT2D eigenvalue weighted by molar-refractivity contribution is -0.121. The Balaban J connectivity index is 1.64. The molecule has 2 aliphatic rings. The van der Waals surface area contributed by atoms with Crippen molar-refractivity contribution in [3.05, 3.63) is 0 Å². The second kappa shape index (κ2) is 5.85. The topological polar surface area (TPSA) is 55.1 Å². The van der Waals surface area contributed by atoms with Gasteiger partial charge in [0.2, 0.25) is 5.91 Å². The van der Waals surface area contributed by atoms with Crippen molar-refractivity contribution in [1.82, 2.24) is 5.32 Å². The van der Waals surface area contributed by atoms with Crippen LogP contribution in [0.15, 0.2) is 0 Å². The first-order chi connectivity index (χ1) is 8.20. The minimum absolute atomic E-state index is 0.0419. The number of nitrogens with two attached hydrogens (primary N) is 1. The average Bonchev–Trinajstić information content (AvgIpc) is 3.13. The molecular formula is C14H26N2O. The molecule has 3 heteroatoms. The summed E-state index contributed by atoms with van der Waals surface area (Å²) < 4.78 is 0. The van der Waals surface area contributed by atoms with Crippen LogP contribution >= 0.6 is 0 Å². The zero-order valence-corrected chi connectivity index (χ0v) is 11.0. The van der Waals surface area contributed by atoms with Crippen LogP contribution < -0.4 is 11.1 Å². The molecular weight excluding hydrogens is 212 g/mol. The van der Waals surface area contributed by atoms with Crippen LogP contribution in [0.1, 0.15) is 51.9 Å². The highest BCUT2D eigenvalue weighted by Crippen LogP contribution is 2.48. The summed E-state index contributed by atoms with van der Waals surface area (Å²) in [6.45, 7) is 3.00. The standard InChI is InChI=1S/C14H26N2O/c1-2-3-12(15)8-14(17)16-9-13(10-4-5-10)11-6-7-11/h10-13H,2-9,15H2,1H3,(H,16,17). The van der Waals surface area contributed by atoms with E-state index in [0.29, 0.717) is 6.42 Å². The third-order valence-corrected chi connectivity index (χ3v) is 4.10. The van der Waals surface area contributed by atoms with E-state index in [1.165, 1.54) is 25.7 Å². The average molecular weight is 238 g/mol. The van der Waals surface area contributed by atoms with E-state index in [1.807, 2.05) is 0 Å². The van der Waals surface area contributed by atoms with Gasteiger partial charge in [-0.15, -0.1) is 0 Å². The van der Waals surface area contributed by atoms with Gasteiger partial charge >= 0.3 is 0 Å². The Labute approximate surface area is 105 Å². The van der Waals surface area contributed by atoms with Gasteiger partial charge in [-0.2, -0.15) is 0 Å². The lowest BCUT2D eigenvalue weighted by atomic mass is 9.98. The van der Waals surface area contributed by atoms with Crippen LogP contribution in [0, 0.1) is 17.8 Å². The minimum atomic E-state index is 0.0419. The van der Waals surface area contributed by atoms with E-state index in [1.54, 1.807) is 0 Å². The van der Waals surface area contributed by atoms with Gasteiger partial charge in [-0.25, -0.2) is 0 Å². The maximum absolute atomic E-state index is 11.7. The molecule has 1 amide bonds. The maximum Gasteiger partial charge on any atom is 0.221 e. The molecule has 0 bridgehead atoms. The Morgan fingerprint density at radius 1 is 1.29 bits per heavy atom. The van der Waals surface area contributed by atoms with E-state index in [2.05, 4.69) is 12.2 Å². The van der Waals surface area contributed by atoms with E-state index in [0.717, 1.165) is 37.1 Å². The summed E-state index contributed by atoms with van der Waals surface area (Å²) in [6, 6.07) is 0.0419. The predicted molar refractivity (Wildman–Crippen MR) is 69.4 cm³/mol. The summed E-state index contributed by atoms with van der Waals surface area (Å²) in [7, 11) is 0. The molecule has 3 N–H and O–H groups in total. The van der Waals surface area contributed by atoms with Gasteiger partial charge < -0.3 is 11.1 Å². The van der Waals surface area contributed by atoms with Gasteiger partial charge in [0.1, 0.15) is 0 Å². The molecule has 0 aromatic heterocycles. The molecule has 0 radical (unpaired) electrons. The molecule has 1 atom stereocenters. The number of amides is 1. The van der Waals surface area contributed by atoms with E-state index in [9.17, 15) is 4.79 Å². The number of rotatable bonds is 8. The van der Waals surface area contributed by atoms with Crippen molar-refractivity contribution >= 4 is 5.91 Å². The number of nitrogens with one attached hydrogen (secondary N) is 1. The fraction of sp³-hybridized carbons (Fsp3) is 0.929. The van der Waals surface area contributed by atoms with Crippen LogP contribution in [0.2, 0.25) is 0 Å². The van der Waals surface area contributed by atoms with Crippen LogP contribution in [0.5, 0.6) is 0 Å². The second-order valence-electron chi connectivity index (χ2n) is 5.90. The Kier molecular flexibility index (Phi) is 4.43. The zero-order valence-electron chi connectivity index (χ0n) is 11.0. The number of carbonyl (C=O) groups is 1. The molecule has 0 spiro atoms. The largest absolute Gasteiger partial charge is 0.356 e. The van der Waals surface area contributed by atoms with Crippen LogP contribution in [-0.4, -0.2) is 18.5 Å². The first-order valence-electron chi connectivity index (χ1n) is 7.23. The zero-order chi connectivity index (χ0) is 12.3. The Morgan fingerprint density at radius 3 is 2.35 bits per heavy atom. The van der Waals surface area contributed by atoms with E-state index >= 15 is 0 Å². The quantitative estimate of drug-likeness (QED) is 0.680. The summed E-state index contributed by atoms with van der Waals surface area (Å²) in [6.07, 6.45) is 8.02. The van der Waals surface area contributed by atoms with Crippen molar-refractivity contribution in [1.29, 1.82) is 0 Å². The first kappa shape index (κ1) is 12.9. The normalized spacial score (nSPS) is 21.6. The van der Waals surface area contributed by atoms with Gasteiger partial charge in [0.15, 0.2) is 0 Å². The Hall–Kier alpha value is -0.570. The van der Waals surface area contributed by atoms with Crippen molar-refractivity contribution in [3.63, 3.8) is 0 Å². The molecule has 0 heterocycles. The molecule has 2 rings (SSSR count). The van der Waals surface area contributed by atoms with Crippen molar-refractivity contribution in [2.75, 3.05) is 6.54 Å². The van der Waals surface area contributed by atoms with E-state index < -0.39 is 0 Å². The molecule has 0 aromatic rings. The molecule has 2 fully saturated rings. The number of hydrogen-bond acceptors (Lipinski definition) is 2. The van der Waals surface area contributed by atoms with Crippen LogP contribution in [0.25, 0.3) is 0 Å². The van der Waals surface area contributed by atoms with Gasteiger partial charge in [0, 0.05) is 19.0 Å². The maximum atomic E-state index is 11.7. The monoisotopic (exact) mass is 238 g/mol. The molecule has 0 aliphatic heterocycles. The summed E-state index contributed by atoms with van der Waals surface area (Å²) in [4.78, 5) is 11.7. The molecule has 0 saturated heterocycles. The lowest BCUT2D eigenvalue weighted by Crippen LogP contribution is -2.35. The third kappa shape index (κ3) is 4.30. The van der Waals surface area contributed by atoms with Gasteiger partial charge in [-0.1, -0.05) is 13.3 Å². The van der Waals surface area contributed by atoms with Crippen LogP contribution in [-0.2, 0) is 4.79 Å². The Bertz CT molecular complexity index is 247. The summed E-state index contributed by atoms with van der Waals surface area (Å²) in [5.41, 5.74) is 5.87. The first-order valence-corrected chi connectivity index (χ1v) is 7.23. The smallest absolute Gasteiger partial charge is 0.221 e. The highest BCUT2D eigenvalue weighted by Gasteiger charge is 2.41. The lowest BCUT2D eigenvalue weighted by Gasteiger charge is -2.17. The highest BCUT2D eigenvalue weighted by molar-refractivity contribution is 5.76. The van der Waals surface area contributed by atoms with E-state index in [4.69, 9.17) is 5.73 Å². The molecule has 3 nitrogen and oxygen atoms in total. The molecule has 17 heavy (non-hydrogen) atoms. The van der Waals surface area contributed by atoms with Gasteiger partial charge in [-0.05, 0) is 49.9 Å². The van der Waals surface area contributed by atoms with E-state index in [-0.39, 0.29) is 11.9 Å². The molecule has 1 unspecified atom stereocenters. The summed E-state index contributed by atoms with van der Waals surface area (Å²) in [5, 5.41) is 3.10. The molecule has 2 saturated carbocycles.